The summed E-state index contributed by atoms with van der Waals surface area (Å²) < 4.78 is 39.3. The molecule has 0 saturated heterocycles. The molecule has 2 aromatic heterocycles. The molecule has 0 bridgehead atoms. The van der Waals surface area contributed by atoms with Crippen molar-refractivity contribution in [3.63, 3.8) is 0 Å². The number of alkyl halides is 3. The Bertz CT molecular complexity index is 555. The van der Waals surface area contributed by atoms with E-state index in [4.69, 9.17) is 0 Å². The van der Waals surface area contributed by atoms with Gasteiger partial charge in [-0.25, -0.2) is 0 Å². The Morgan fingerprint density at radius 3 is 2.60 bits per heavy atom. The highest BCUT2D eigenvalue weighted by Gasteiger charge is 2.35. The van der Waals surface area contributed by atoms with Crippen LogP contribution in [-0.4, -0.2) is 16.5 Å². The van der Waals surface area contributed by atoms with E-state index in [-0.39, 0.29) is 5.56 Å². The van der Waals surface area contributed by atoms with E-state index in [1.54, 1.807) is 24.4 Å². The third kappa shape index (κ3) is 3.14. The minimum Gasteiger partial charge on any atom is -0.305 e. The molecule has 0 saturated carbocycles. The molecule has 1 unspecified atom stereocenters. The minimum absolute atomic E-state index is 0.0838. The Labute approximate surface area is 114 Å². The summed E-state index contributed by atoms with van der Waals surface area (Å²) in [6.07, 6.45) is -0.470. The van der Waals surface area contributed by atoms with Gasteiger partial charge in [0.15, 0.2) is 0 Å². The van der Waals surface area contributed by atoms with Crippen molar-refractivity contribution in [3.05, 3.63) is 59.7 Å². The van der Waals surface area contributed by atoms with Crippen LogP contribution in [0.3, 0.4) is 0 Å². The summed E-state index contributed by atoms with van der Waals surface area (Å²) in [6.45, 7) is 2.35. The van der Waals surface area contributed by atoms with Gasteiger partial charge in [-0.1, -0.05) is 13.0 Å². The second kappa shape index (κ2) is 6.00. The Morgan fingerprint density at radius 2 is 2.00 bits per heavy atom. The highest BCUT2D eigenvalue weighted by molar-refractivity contribution is 5.34. The molecule has 2 aromatic rings. The number of pyridine rings is 2. The third-order valence-electron chi connectivity index (χ3n) is 2.86. The van der Waals surface area contributed by atoms with Crippen LogP contribution in [0.2, 0.25) is 0 Å². The van der Waals surface area contributed by atoms with E-state index in [1.165, 1.54) is 6.20 Å². The van der Waals surface area contributed by atoms with Crippen LogP contribution in [-0.2, 0) is 6.18 Å². The van der Waals surface area contributed by atoms with Gasteiger partial charge in [-0.3, -0.25) is 9.97 Å². The van der Waals surface area contributed by atoms with E-state index in [0.717, 1.165) is 12.3 Å². The molecule has 0 aliphatic rings. The van der Waals surface area contributed by atoms with Crippen LogP contribution in [0.5, 0.6) is 0 Å². The summed E-state index contributed by atoms with van der Waals surface area (Å²) in [7, 11) is 0. The molecule has 106 valence electrons. The molecule has 0 aromatic carbocycles. The number of nitrogens with one attached hydrogen (secondary N) is 1. The fraction of sp³-hybridized carbons (Fsp3) is 0.286. The quantitative estimate of drug-likeness (QED) is 0.935. The summed E-state index contributed by atoms with van der Waals surface area (Å²) in [4.78, 5) is 7.96. The van der Waals surface area contributed by atoms with Crippen LogP contribution in [0.15, 0.2) is 42.9 Å². The molecular weight excluding hydrogens is 267 g/mol. The lowest BCUT2D eigenvalue weighted by molar-refractivity contribution is -0.138. The van der Waals surface area contributed by atoms with Crippen molar-refractivity contribution in [2.45, 2.75) is 19.1 Å². The molecule has 6 heteroatoms. The fourth-order valence-corrected chi connectivity index (χ4v) is 2.02. The zero-order valence-electron chi connectivity index (χ0n) is 10.9. The van der Waals surface area contributed by atoms with E-state index < -0.39 is 17.8 Å². The summed E-state index contributed by atoms with van der Waals surface area (Å²) in [5.41, 5.74) is -0.0718. The molecule has 0 aliphatic heterocycles. The van der Waals surface area contributed by atoms with E-state index in [9.17, 15) is 13.2 Å². The van der Waals surface area contributed by atoms with E-state index in [0.29, 0.717) is 12.2 Å². The molecule has 0 spiro atoms. The van der Waals surface area contributed by atoms with Gasteiger partial charge in [-0.2, -0.15) is 13.2 Å². The van der Waals surface area contributed by atoms with Crippen molar-refractivity contribution in [1.82, 2.24) is 15.3 Å². The van der Waals surface area contributed by atoms with Gasteiger partial charge < -0.3 is 5.32 Å². The maximum Gasteiger partial charge on any atom is 0.416 e. The lowest BCUT2D eigenvalue weighted by Gasteiger charge is -2.21. The van der Waals surface area contributed by atoms with E-state index in [1.807, 2.05) is 6.92 Å². The van der Waals surface area contributed by atoms with Crippen LogP contribution in [0.25, 0.3) is 0 Å². The second-order valence-electron chi connectivity index (χ2n) is 4.21. The number of hydrogen-bond donors (Lipinski definition) is 1. The normalized spacial score (nSPS) is 13.2. The SMILES string of the molecule is CCNC(c1ccccn1)c1cnccc1C(F)(F)F. The zero-order valence-corrected chi connectivity index (χ0v) is 10.9. The van der Waals surface area contributed by atoms with Gasteiger partial charge in [-0.05, 0) is 24.7 Å². The first-order valence-corrected chi connectivity index (χ1v) is 6.19. The van der Waals surface area contributed by atoms with Crippen molar-refractivity contribution in [2.24, 2.45) is 0 Å². The highest BCUT2D eigenvalue weighted by atomic mass is 19.4. The predicted octanol–water partition coefficient (Wildman–Crippen LogP) is 3.19. The maximum absolute atomic E-state index is 13.1. The molecule has 3 nitrogen and oxygen atoms in total. The van der Waals surface area contributed by atoms with Gasteiger partial charge in [0.25, 0.3) is 0 Å². The fourth-order valence-electron chi connectivity index (χ4n) is 2.02. The van der Waals surface area contributed by atoms with Gasteiger partial charge in [0.1, 0.15) is 0 Å². The van der Waals surface area contributed by atoms with Gasteiger partial charge in [-0.15, -0.1) is 0 Å². The minimum atomic E-state index is -4.42. The van der Waals surface area contributed by atoms with Crippen LogP contribution in [0.4, 0.5) is 13.2 Å². The number of hydrogen-bond acceptors (Lipinski definition) is 3. The molecule has 0 amide bonds. The van der Waals surface area contributed by atoms with Gasteiger partial charge in [0.05, 0.1) is 17.3 Å². The smallest absolute Gasteiger partial charge is 0.305 e. The predicted molar refractivity (Wildman–Crippen MR) is 69.0 cm³/mol. The average molecular weight is 281 g/mol. The van der Waals surface area contributed by atoms with Crippen molar-refractivity contribution in [2.75, 3.05) is 6.54 Å². The van der Waals surface area contributed by atoms with Crippen molar-refractivity contribution in [3.8, 4) is 0 Å². The lowest BCUT2D eigenvalue weighted by Crippen LogP contribution is -2.26. The molecular formula is C14H14F3N3. The second-order valence-corrected chi connectivity index (χ2v) is 4.21. The molecule has 0 radical (unpaired) electrons. The molecule has 0 fully saturated rings. The monoisotopic (exact) mass is 281 g/mol. The Hall–Kier alpha value is -1.95. The Balaban J connectivity index is 2.51. The van der Waals surface area contributed by atoms with Crippen molar-refractivity contribution in [1.29, 1.82) is 0 Å². The van der Waals surface area contributed by atoms with Crippen molar-refractivity contribution < 1.29 is 13.2 Å². The highest BCUT2D eigenvalue weighted by Crippen LogP contribution is 2.35. The molecule has 2 rings (SSSR count). The summed E-state index contributed by atoms with van der Waals surface area (Å²) in [5, 5.41) is 3.03. The molecule has 0 aliphatic carbocycles. The van der Waals surface area contributed by atoms with Crippen LogP contribution >= 0.6 is 0 Å². The molecule has 2 heterocycles. The Kier molecular flexibility index (Phi) is 4.34. The number of halogens is 3. The number of rotatable bonds is 4. The number of aromatic nitrogens is 2. The molecule has 20 heavy (non-hydrogen) atoms. The van der Waals surface area contributed by atoms with Crippen LogP contribution in [0.1, 0.15) is 29.8 Å². The number of nitrogens with zero attached hydrogens (tertiary/aromatic N) is 2. The first-order valence-electron chi connectivity index (χ1n) is 6.19. The molecule has 1 atom stereocenters. The summed E-state index contributed by atoms with van der Waals surface area (Å²) in [6, 6.07) is 5.52. The summed E-state index contributed by atoms with van der Waals surface area (Å²) >= 11 is 0. The maximum atomic E-state index is 13.1. The zero-order chi connectivity index (χ0) is 14.6. The van der Waals surface area contributed by atoms with Gasteiger partial charge >= 0.3 is 6.18 Å². The largest absolute Gasteiger partial charge is 0.416 e. The third-order valence-corrected chi connectivity index (χ3v) is 2.86. The summed E-state index contributed by atoms with van der Waals surface area (Å²) in [5.74, 6) is 0. The average Bonchev–Trinajstić information content (AvgIpc) is 2.45. The first-order chi connectivity index (χ1) is 9.54. The first kappa shape index (κ1) is 14.5. The van der Waals surface area contributed by atoms with Crippen LogP contribution in [0, 0.1) is 0 Å². The van der Waals surface area contributed by atoms with E-state index in [2.05, 4.69) is 15.3 Å². The topological polar surface area (TPSA) is 37.8 Å². The van der Waals surface area contributed by atoms with Crippen LogP contribution < -0.4 is 5.32 Å². The molecule has 1 N–H and O–H groups in total. The Morgan fingerprint density at radius 1 is 1.20 bits per heavy atom. The van der Waals surface area contributed by atoms with E-state index >= 15 is 0 Å². The van der Waals surface area contributed by atoms with Gasteiger partial charge in [0.2, 0.25) is 0 Å². The standard InChI is InChI=1S/C14H14F3N3/c1-2-19-13(12-5-3-4-7-20-12)10-9-18-8-6-11(10)14(15,16)17/h3-9,13,19H,2H2,1H3. The lowest BCUT2D eigenvalue weighted by atomic mass is 9.99. The van der Waals surface area contributed by atoms with Gasteiger partial charge in [0, 0.05) is 24.2 Å². The van der Waals surface area contributed by atoms with Crippen molar-refractivity contribution >= 4 is 0 Å².